The molecule has 0 aliphatic carbocycles. The minimum absolute atomic E-state index is 0.233. The quantitative estimate of drug-likeness (QED) is 0.428. The van der Waals surface area contributed by atoms with E-state index in [0.717, 1.165) is 27.9 Å². The molecule has 0 saturated carbocycles. The van der Waals surface area contributed by atoms with Gasteiger partial charge in [-0.2, -0.15) is 22.5 Å². The van der Waals surface area contributed by atoms with Crippen molar-refractivity contribution < 1.29 is 13.2 Å². The summed E-state index contributed by atoms with van der Waals surface area (Å²) >= 11 is 2.72. The van der Waals surface area contributed by atoms with E-state index in [2.05, 4.69) is 15.4 Å². The standard InChI is InChI=1S/C19H18F3N5OS2/c1-12-6-4-9-16(27-18(28)26(2)24-25-27)15(12)11-30-17(29-3)23-14-8-5-7-13(10-14)19(20,21)22/h4-10H,11H2,1-3H3/b23-17+. The number of hydrogen-bond donors (Lipinski definition) is 0. The maximum Gasteiger partial charge on any atom is 0.416 e. The molecular weight excluding hydrogens is 435 g/mol. The Labute approximate surface area is 179 Å². The van der Waals surface area contributed by atoms with Crippen LogP contribution < -0.4 is 5.69 Å². The summed E-state index contributed by atoms with van der Waals surface area (Å²) in [5.41, 5.74) is 1.57. The average Bonchev–Trinajstić information content (AvgIpc) is 3.04. The number of alkyl halides is 3. The molecule has 3 rings (SSSR count). The van der Waals surface area contributed by atoms with Crippen LogP contribution in [0, 0.1) is 6.92 Å². The molecule has 0 spiro atoms. The monoisotopic (exact) mass is 453 g/mol. The van der Waals surface area contributed by atoms with Crippen LogP contribution in [-0.4, -0.2) is 30.4 Å². The maximum absolute atomic E-state index is 12.9. The van der Waals surface area contributed by atoms with Gasteiger partial charge in [-0.05, 0) is 59.0 Å². The van der Waals surface area contributed by atoms with Crippen molar-refractivity contribution in [1.29, 1.82) is 0 Å². The average molecular weight is 454 g/mol. The van der Waals surface area contributed by atoms with Gasteiger partial charge in [0.25, 0.3) is 0 Å². The lowest BCUT2D eigenvalue weighted by molar-refractivity contribution is -0.137. The van der Waals surface area contributed by atoms with Crippen LogP contribution in [0.25, 0.3) is 5.69 Å². The molecular formula is C19H18F3N5OS2. The molecule has 158 valence electrons. The molecule has 30 heavy (non-hydrogen) atoms. The third-order valence-electron chi connectivity index (χ3n) is 4.24. The van der Waals surface area contributed by atoms with Gasteiger partial charge < -0.3 is 0 Å². The van der Waals surface area contributed by atoms with Gasteiger partial charge in [-0.3, -0.25) is 0 Å². The van der Waals surface area contributed by atoms with Crippen molar-refractivity contribution in [2.24, 2.45) is 12.0 Å². The normalized spacial score (nSPS) is 12.4. The molecule has 0 fully saturated rings. The number of benzene rings is 2. The van der Waals surface area contributed by atoms with Gasteiger partial charge in [0.1, 0.15) is 4.38 Å². The molecule has 0 aliphatic rings. The van der Waals surface area contributed by atoms with Gasteiger partial charge in [-0.25, -0.2) is 9.79 Å². The minimum atomic E-state index is -4.42. The molecule has 0 radical (unpaired) electrons. The number of aromatic nitrogens is 4. The van der Waals surface area contributed by atoms with Crippen molar-refractivity contribution in [3.63, 3.8) is 0 Å². The van der Waals surface area contributed by atoms with Crippen LogP contribution in [0.3, 0.4) is 0 Å². The second-order valence-electron chi connectivity index (χ2n) is 6.29. The second kappa shape index (κ2) is 9.09. The third kappa shape index (κ3) is 4.96. The fourth-order valence-electron chi connectivity index (χ4n) is 2.67. The first-order valence-corrected chi connectivity index (χ1v) is 10.9. The Morgan fingerprint density at radius 2 is 1.90 bits per heavy atom. The van der Waals surface area contributed by atoms with Crippen molar-refractivity contribution in [2.45, 2.75) is 18.9 Å². The summed E-state index contributed by atoms with van der Waals surface area (Å²) in [5.74, 6) is 0.462. The number of thioether (sulfide) groups is 2. The number of tetrazole rings is 1. The fraction of sp³-hybridized carbons (Fsp3) is 0.263. The van der Waals surface area contributed by atoms with Crippen LogP contribution in [0.4, 0.5) is 18.9 Å². The van der Waals surface area contributed by atoms with Crippen molar-refractivity contribution in [1.82, 2.24) is 19.8 Å². The maximum atomic E-state index is 12.9. The molecule has 0 saturated heterocycles. The van der Waals surface area contributed by atoms with Crippen molar-refractivity contribution >= 4 is 33.6 Å². The number of aliphatic imine (C=N–C) groups is 1. The zero-order valence-corrected chi connectivity index (χ0v) is 18.0. The van der Waals surface area contributed by atoms with E-state index < -0.39 is 11.7 Å². The third-order valence-corrected chi connectivity index (χ3v) is 6.31. The van der Waals surface area contributed by atoms with Gasteiger partial charge in [0.05, 0.1) is 16.9 Å². The van der Waals surface area contributed by atoms with Gasteiger partial charge in [0.2, 0.25) is 0 Å². The minimum Gasteiger partial charge on any atom is -0.244 e. The molecule has 0 amide bonds. The van der Waals surface area contributed by atoms with Crippen LogP contribution in [-0.2, 0) is 19.0 Å². The van der Waals surface area contributed by atoms with Crippen LogP contribution in [0.2, 0.25) is 0 Å². The molecule has 2 aromatic carbocycles. The van der Waals surface area contributed by atoms with E-state index in [1.54, 1.807) is 6.07 Å². The Morgan fingerprint density at radius 3 is 2.53 bits per heavy atom. The Hall–Kier alpha value is -2.53. The Bertz CT molecular complexity index is 1140. The highest BCUT2D eigenvalue weighted by Gasteiger charge is 2.30. The molecule has 0 bridgehead atoms. The first-order valence-electron chi connectivity index (χ1n) is 8.71. The number of rotatable bonds is 4. The summed E-state index contributed by atoms with van der Waals surface area (Å²) in [6, 6.07) is 10.4. The summed E-state index contributed by atoms with van der Waals surface area (Å²) < 4.78 is 41.8. The zero-order valence-electron chi connectivity index (χ0n) is 16.3. The van der Waals surface area contributed by atoms with Gasteiger partial charge >= 0.3 is 11.9 Å². The van der Waals surface area contributed by atoms with E-state index in [9.17, 15) is 18.0 Å². The topological polar surface area (TPSA) is 65.1 Å². The highest BCUT2D eigenvalue weighted by Crippen LogP contribution is 2.33. The van der Waals surface area contributed by atoms with Gasteiger partial charge in [0, 0.05) is 12.8 Å². The fourth-order valence-corrected chi connectivity index (χ4v) is 4.32. The smallest absolute Gasteiger partial charge is 0.244 e. The predicted molar refractivity (Wildman–Crippen MR) is 115 cm³/mol. The van der Waals surface area contributed by atoms with E-state index in [0.29, 0.717) is 15.8 Å². The Morgan fingerprint density at radius 1 is 1.17 bits per heavy atom. The lowest BCUT2D eigenvalue weighted by Gasteiger charge is -2.12. The molecule has 0 aliphatic heterocycles. The van der Waals surface area contributed by atoms with E-state index >= 15 is 0 Å². The molecule has 0 N–H and O–H groups in total. The van der Waals surface area contributed by atoms with Crippen LogP contribution in [0.5, 0.6) is 0 Å². The lowest BCUT2D eigenvalue weighted by atomic mass is 10.1. The number of nitrogens with zero attached hydrogens (tertiary/aromatic N) is 5. The predicted octanol–water partition coefficient (Wildman–Crippen LogP) is 4.58. The summed E-state index contributed by atoms with van der Waals surface area (Å²) in [6.45, 7) is 1.92. The molecule has 0 atom stereocenters. The van der Waals surface area contributed by atoms with E-state index in [1.165, 1.54) is 47.4 Å². The Kier molecular flexibility index (Phi) is 6.71. The van der Waals surface area contributed by atoms with Crippen LogP contribution in [0.1, 0.15) is 16.7 Å². The first kappa shape index (κ1) is 22.2. The van der Waals surface area contributed by atoms with Gasteiger partial charge in [-0.1, -0.05) is 30.0 Å². The lowest BCUT2D eigenvalue weighted by Crippen LogP contribution is -2.23. The molecule has 3 aromatic rings. The molecule has 11 heteroatoms. The van der Waals surface area contributed by atoms with Gasteiger partial charge in [-0.15, -0.1) is 11.8 Å². The largest absolute Gasteiger partial charge is 0.416 e. The summed E-state index contributed by atoms with van der Waals surface area (Å²) in [5, 5.41) is 7.65. The van der Waals surface area contributed by atoms with Crippen molar-refractivity contribution in [3.05, 3.63) is 69.6 Å². The van der Waals surface area contributed by atoms with Crippen molar-refractivity contribution in [3.8, 4) is 5.69 Å². The highest BCUT2D eigenvalue weighted by molar-refractivity contribution is 8.38. The SMILES string of the molecule is CS/C(=N\c1cccc(C(F)(F)F)c1)SCc1c(C)cccc1-n1nnn(C)c1=O. The number of aryl methyl sites for hydroxylation is 2. The molecule has 6 nitrogen and oxygen atoms in total. The summed E-state index contributed by atoms with van der Waals surface area (Å²) in [6.07, 6.45) is -2.61. The number of halogens is 3. The summed E-state index contributed by atoms with van der Waals surface area (Å²) in [7, 11) is 1.52. The van der Waals surface area contributed by atoms with Crippen LogP contribution in [0.15, 0.2) is 52.3 Å². The summed E-state index contributed by atoms with van der Waals surface area (Å²) in [4.78, 5) is 16.6. The highest BCUT2D eigenvalue weighted by atomic mass is 32.2. The molecule has 1 heterocycles. The second-order valence-corrected chi connectivity index (χ2v) is 8.31. The number of hydrogen-bond acceptors (Lipinski definition) is 6. The van der Waals surface area contributed by atoms with E-state index in [-0.39, 0.29) is 11.4 Å². The van der Waals surface area contributed by atoms with E-state index in [4.69, 9.17) is 0 Å². The molecule has 1 aromatic heterocycles. The Balaban J connectivity index is 1.88. The van der Waals surface area contributed by atoms with E-state index in [1.807, 2.05) is 25.3 Å². The zero-order chi connectivity index (χ0) is 21.9. The first-order chi connectivity index (χ1) is 14.2. The van der Waals surface area contributed by atoms with Crippen LogP contribution >= 0.6 is 23.5 Å². The molecule has 0 unspecified atom stereocenters. The van der Waals surface area contributed by atoms with Gasteiger partial charge in [0.15, 0.2) is 0 Å². The van der Waals surface area contributed by atoms with Crippen molar-refractivity contribution in [2.75, 3.05) is 6.26 Å².